The van der Waals surface area contributed by atoms with Crippen LogP contribution in [0.2, 0.25) is 0 Å². The molecule has 3 aromatic rings. The summed E-state index contributed by atoms with van der Waals surface area (Å²) in [6.07, 6.45) is 0. The summed E-state index contributed by atoms with van der Waals surface area (Å²) in [4.78, 5) is 3.34. The van der Waals surface area contributed by atoms with E-state index in [4.69, 9.17) is 0 Å². The number of hydrogen-bond acceptors (Lipinski definition) is 1. The summed E-state index contributed by atoms with van der Waals surface area (Å²) in [6, 6.07) is 18.4. The molecule has 2 N–H and O–H groups in total. The minimum atomic E-state index is 1.00. The van der Waals surface area contributed by atoms with Crippen LogP contribution in [0.25, 0.3) is 10.9 Å². The summed E-state index contributed by atoms with van der Waals surface area (Å²) in [5.74, 6) is 1.00. The van der Waals surface area contributed by atoms with Crippen molar-refractivity contribution < 1.29 is 0 Å². The molecule has 0 saturated heterocycles. The number of para-hydroxylation sites is 1. The first-order valence-electron chi connectivity index (χ1n) is 5.42. The second-order valence-electron chi connectivity index (χ2n) is 3.91. The van der Waals surface area contributed by atoms with Gasteiger partial charge in [-0.15, -0.1) is 0 Å². The molecule has 3 heteroatoms. The highest BCUT2D eigenvalue weighted by Crippen LogP contribution is 2.23. The van der Waals surface area contributed by atoms with Crippen molar-refractivity contribution in [3.8, 4) is 0 Å². The van der Waals surface area contributed by atoms with E-state index in [0.29, 0.717) is 0 Å². The quantitative estimate of drug-likeness (QED) is 0.704. The molecule has 1 aromatic heterocycles. The van der Waals surface area contributed by atoms with Crippen LogP contribution in [0.3, 0.4) is 0 Å². The smallest absolute Gasteiger partial charge is 0.108 e. The molecular weight excluding hydrogens is 276 g/mol. The molecule has 0 atom stereocenters. The highest BCUT2D eigenvalue weighted by Gasteiger charge is 2.00. The minimum absolute atomic E-state index is 1.00. The maximum absolute atomic E-state index is 3.46. The number of nitrogens with one attached hydrogen (secondary N) is 2. The van der Waals surface area contributed by atoms with Gasteiger partial charge >= 0.3 is 0 Å². The van der Waals surface area contributed by atoms with E-state index >= 15 is 0 Å². The standard InChI is InChI=1S/C14H11BrN2/c15-11-5-3-6-12(9-11)16-14-8-10-4-1-2-7-13(10)17-14/h1-9,16-17H. The van der Waals surface area contributed by atoms with Gasteiger partial charge in [0.15, 0.2) is 0 Å². The van der Waals surface area contributed by atoms with Gasteiger partial charge in [0.05, 0.1) is 0 Å². The molecule has 0 unspecified atom stereocenters. The van der Waals surface area contributed by atoms with Gasteiger partial charge in [-0.05, 0) is 30.3 Å². The van der Waals surface area contributed by atoms with Crippen LogP contribution in [-0.4, -0.2) is 4.98 Å². The Morgan fingerprint density at radius 2 is 1.82 bits per heavy atom. The summed E-state index contributed by atoms with van der Waals surface area (Å²) < 4.78 is 1.07. The number of aromatic amines is 1. The second-order valence-corrected chi connectivity index (χ2v) is 4.82. The van der Waals surface area contributed by atoms with Gasteiger partial charge in [-0.2, -0.15) is 0 Å². The van der Waals surface area contributed by atoms with Gasteiger partial charge < -0.3 is 10.3 Å². The Bertz CT molecular complexity index is 625. The van der Waals surface area contributed by atoms with Crippen molar-refractivity contribution in [2.45, 2.75) is 0 Å². The summed E-state index contributed by atoms with van der Waals surface area (Å²) in [7, 11) is 0. The number of H-pyrrole nitrogens is 1. The van der Waals surface area contributed by atoms with Crippen LogP contribution >= 0.6 is 15.9 Å². The van der Waals surface area contributed by atoms with E-state index < -0.39 is 0 Å². The van der Waals surface area contributed by atoms with Crippen LogP contribution in [0.4, 0.5) is 11.5 Å². The lowest BCUT2D eigenvalue weighted by molar-refractivity contribution is 1.41. The minimum Gasteiger partial charge on any atom is -0.342 e. The van der Waals surface area contributed by atoms with Crippen molar-refractivity contribution >= 4 is 38.3 Å². The monoisotopic (exact) mass is 286 g/mol. The molecular formula is C14H11BrN2. The zero-order valence-corrected chi connectivity index (χ0v) is 10.7. The predicted octanol–water partition coefficient (Wildman–Crippen LogP) is 4.67. The number of halogens is 1. The molecule has 0 amide bonds. The summed E-state index contributed by atoms with van der Waals surface area (Å²) >= 11 is 3.46. The van der Waals surface area contributed by atoms with E-state index in [1.807, 2.05) is 36.4 Å². The molecule has 84 valence electrons. The number of hydrogen-bond donors (Lipinski definition) is 2. The zero-order chi connectivity index (χ0) is 11.7. The van der Waals surface area contributed by atoms with Crippen molar-refractivity contribution in [2.24, 2.45) is 0 Å². The average Bonchev–Trinajstić information content (AvgIpc) is 2.71. The van der Waals surface area contributed by atoms with Gasteiger partial charge in [-0.1, -0.05) is 40.2 Å². The fourth-order valence-corrected chi connectivity index (χ4v) is 2.26. The molecule has 0 radical (unpaired) electrons. The molecule has 1 heterocycles. The first-order chi connectivity index (χ1) is 8.31. The first-order valence-corrected chi connectivity index (χ1v) is 6.21. The number of fused-ring (bicyclic) bond motifs is 1. The summed E-state index contributed by atoms with van der Waals surface area (Å²) in [5, 5.41) is 4.56. The molecule has 2 nitrogen and oxygen atoms in total. The van der Waals surface area contributed by atoms with Gasteiger partial charge in [-0.25, -0.2) is 0 Å². The van der Waals surface area contributed by atoms with E-state index in [1.54, 1.807) is 0 Å². The topological polar surface area (TPSA) is 27.8 Å². The van der Waals surface area contributed by atoms with E-state index in [2.05, 4.69) is 44.4 Å². The van der Waals surface area contributed by atoms with Gasteiger partial charge in [0, 0.05) is 21.1 Å². The van der Waals surface area contributed by atoms with Crippen molar-refractivity contribution in [1.82, 2.24) is 4.98 Å². The molecule has 0 fully saturated rings. The van der Waals surface area contributed by atoms with Crippen LogP contribution < -0.4 is 5.32 Å². The van der Waals surface area contributed by atoms with E-state index in [0.717, 1.165) is 21.5 Å². The number of benzene rings is 2. The predicted molar refractivity (Wildman–Crippen MR) is 75.7 cm³/mol. The Hall–Kier alpha value is -1.74. The van der Waals surface area contributed by atoms with E-state index in [-0.39, 0.29) is 0 Å². The van der Waals surface area contributed by atoms with E-state index in [1.165, 1.54) is 5.39 Å². The van der Waals surface area contributed by atoms with Gasteiger partial charge in [-0.3, -0.25) is 0 Å². The molecule has 0 saturated carbocycles. The molecule has 17 heavy (non-hydrogen) atoms. The zero-order valence-electron chi connectivity index (χ0n) is 9.07. The third kappa shape index (κ3) is 2.19. The van der Waals surface area contributed by atoms with Crippen LogP contribution in [0.15, 0.2) is 59.1 Å². The molecule has 0 spiro atoms. The number of rotatable bonds is 2. The number of aromatic nitrogens is 1. The SMILES string of the molecule is Brc1cccc(Nc2cc3ccccc3[nH]2)c1. The lowest BCUT2D eigenvalue weighted by Crippen LogP contribution is -1.89. The Labute approximate surface area is 108 Å². The Morgan fingerprint density at radius 1 is 0.941 bits per heavy atom. The first kappa shape index (κ1) is 10.4. The summed E-state index contributed by atoms with van der Waals surface area (Å²) in [5.41, 5.74) is 2.20. The Kier molecular flexibility index (Phi) is 2.61. The molecule has 0 aliphatic rings. The third-order valence-electron chi connectivity index (χ3n) is 2.63. The van der Waals surface area contributed by atoms with Crippen LogP contribution in [0.5, 0.6) is 0 Å². The Morgan fingerprint density at radius 3 is 2.65 bits per heavy atom. The van der Waals surface area contributed by atoms with E-state index in [9.17, 15) is 0 Å². The normalized spacial score (nSPS) is 10.6. The molecule has 2 aromatic carbocycles. The van der Waals surface area contributed by atoms with Crippen LogP contribution in [0, 0.1) is 0 Å². The highest BCUT2D eigenvalue weighted by atomic mass is 79.9. The van der Waals surface area contributed by atoms with Gasteiger partial charge in [0.1, 0.15) is 5.82 Å². The third-order valence-corrected chi connectivity index (χ3v) is 3.13. The number of anilines is 2. The van der Waals surface area contributed by atoms with Crippen LogP contribution in [0.1, 0.15) is 0 Å². The van der Waals surface area contributed by atoms with Crippen molar-refractivity contribution in [2.75, 3.05) is 5.32 Å². The highest BCUT2D eigenvalue weighted by molar-refractivity contribution is 9.10. The van der Waals surface area contributed by atoms with Crippen LogP contribution in [-0.2, 0) is 0 Å². The Balaban J connectivity index is 1.94. The molecule has 0 aliphatic carbocycles. The second kappa shape index (κ2) is 4.26. The maximum atomic E-state index is 3.46. The fraction of sp³-hybridized carbons (Fsp3) is 0. The van der Waals surface area contributed by atoms with Crippen molar-refractivity contribution in [3.05, 3.63) is 59.1 Å². The van der Waals surface area contributed by atoms with Crippen molar-refractivity contribution in [1.29, 1.82) is 0 Å². The van der Waals surface area contributed by atoms with Gasteiger partial charge in [0.2, 0.25) is 0 Å². The van der Waals surface area contributed by atoms with Gasteiger partial charge in [0.25, 0.3) is 0 Å². The lowest BCUT2D eigenvalue weighted by atomic mass is 10.2. The maximum Gasteiger partial charge on any atom is 0.108 e. The fourth-order valence-electron chi connectivity index (χ4n) is 1.86. The average molecular weight is 287 g/mol. The molecule has 0 bridgehead atoms. The molecule has 3 rings (SSSR count). The molecule has 0 aliphatic heterocycles. The lowest BCUT2D eigenvalue weighted by Gasteiger charge is -2.03. The largest absolute Gasteiger partial charge is 0.342 e. The summed E-state index contributed by atoms with van der Waals surface area (Å²) in [6.45, 7) is 0. The van der Waals surface area contributed by atoms with Crippen molar-refractivity contribution in [3.63, 3.8) is 0 Å².